The fraction of sp³-hybridized carbons (Fsp3) is 0.400. The highest BCUT2D eigenvalue weighted by Gasteiger charge is 1.99. The minimum atomic E-state index is 0.560. The summed E-state index contributed by atoms with van der Waals surface area (Å²) in [4.78, 5) is 0. The highest BCUT2D eigenvalue weighted by atomic mass is 32.2. The Morgan fingerprint density at radius 2 is 2.00 bits per heavy atom. The lowest BCUT2D eigenvalue weighted by molar-refractivity contribution is 0.322. The van der Waals surface area contributed by atoms with E-state index < -0.39 is 0 Å². The van der Waals surface area contributed by atoms with Gasteiger partial charge in [0.25, 0.3) is 0 Å². The maximum atomic E-state index is 5.54. The van der Waals surface area contributed by atoms with E-state index in [1.807, 2.05) is 42.1 Å². The number of hydrogen-bond donors (Lipinski definition) is 0. The summed E-state index contributed by atoms with van der Waals surface area (Å²) in [7, 11) is 0. The third-order valence-electron chi connectivity index (χ3n) is 1.63. The zero-order valence-corrected chi connectivity index (χ0v) is 8.30. The largest absolute Gasteiger partial charge is 0.492 e. The SMILES string of the molecule is CSC(C)COc1ccccc1. The van der Waals surface area contributed by atoms with Crippen LogP contribution in [0.25, 0.3) is 0 Å². The fourth-order valence-corrected chi connectivity index (χ4v) is 1.00. The van der Waals surface area contributed by atoms with Gasteiger partial charge < -0.3 is 4.74 Å². The predicted octanol–water partition coefficient (Wildman–Crippen LogP) is 2.82. The average Bonchev–Trinajstić information content (AvgIpc) is 2.16. The number of hydrogen-bond acceptors (Lipinski definition) is 2. The molecule has 0 saturated carbocycles. The fourth-order valence-electron chi connectivity index (χ4n) is 0.798. The Bertz CT molecular complexity index is 210. The topological polar surface area (TPSA) is 9.23 Å². The molecule has 0 aromatic heterocycles. The van der Waals surface area contributed by atoms with E-state index in [-0.39, 0.29) is 0 Å². The van der Waals surface area contributed by atoms with Gasteiger partial charge in [0.05, 0.1) is 6.61 Å². The molecule has 0 aliphatic heterocycles. The molecule has 0 aliphatic carbocycles. The quantitative estimate of drug-likeness (QED) is 0.708. The monoisotopic (exact) mass is 182 g/mol. The van der Waals surface area contributed by atoms with Crippen molar-refractivity contribution in [3.8, 4) is 5.75 Å². The minimum Gasteiger partial charge on any atom is -0.492 e. The predicted molar refractivity (Wildman–Crippen MR) is 54.9 cm³/mol. The lowest BCUT2D eigenvalue weighted by Crippen LogP contribution is -2.09. The van der Waals surface area contributed by atoms with Gasteiger partial charge >= 0.3 is 0 Å². The van der Waals surface area contributed by atoms with Crippen LogP contribution in [0.1, 0.15) is 6.92 Å². The van der Waals surface area contributed by atoms with Crippen molar-refractivity contribution in [2.45, 2.75) is 12.2 Å². The number of rotatable bonds is 4. The minimum absolute atomic E-state index is 0.560. The zero-order valence-electron chi connectivity index (χ0n) is 7.49. The Balaban J connectivity index is 2.33. The second kappa shape index (κ2) is 5.09. The Morgan fingerprint density at radius 3 is 2.58 bits per heavy atom. The van der Waals surface area contributed by atoms with Gasteiger partial charge in [0.2, 0.25) is 0 Å². The lowest BCUT2D eigenvalue weighted by Gasteiger charge is -2.09. The van der Waals surface area contributed by atoms with Crippen molar-refractivity contribution < 1.29 is 4.74 Å². The molecule has 1 aromatic carbocycles. The molecule has 0 N–H and O–H groups in total. The van der Waals surface area contributed by atoms with E-state index in [0.29, 0.717) is 5.25 Å². The standard InChI is InChI=1S/C10H14OS/c1-9(12-2)8-11-10-6-4-3-5-7-10/h3-7,9H,8H2,1-2H3. The van der Waals surface area contributed by atoms with E-state index >= 15 is 0 Å². The summed E-state index contributed by atoms with van der Waals surface area (Å²) in [6.07, 6.45) is 2.10. The molecule has 1 unspecified atom stereocenters. The van der Waals surface area contributed by atoms with Gasteiger partial charge in [-0.1, -0.05) is 25.1 Å². The van der Waals surface area contributed by atoms with Crippen LogP contribution in [0.3, 0.4) is 0 Å². The van der Waals surface area contributed by atoms with Crippen LogP contribution < -0.4 is 4.74 Å². The molecule has 0 heterocycles. The van der Waals surface area contributed by atoms with Crippen LogP contribution in [0.5, 0.6) is 5.75 Å². The molecule has 1 rings (SSSR count). The highest BCUT2D eigenvalue weighted by molar-refractivity contribution is 7.99. The van der Waals surface area contributed by atoms with E-state index in [2.05, 4.69) is 13.2 Å². The Labute approximate surface area is 78.1 Å². The van der Waals surface area contributed by atoms with Crippen molar-refractivity contribution >= 4 is 11.8 Å². The summed E-state index contributed by atoms with van der Waals surface area (Å²) < 4.78 is 5.54. The van der Waals surface area contributed by atoms with Gasteiger partial charge in [0, 0.05) is 5.25 Å². The third kappa shape index (κ3) is 3.18. The van der Waals surface area contributed by atoms with Crippen molar-refractivity contribution in [3.05, 3.63) is 30.3 Å². The van der Waals surface area contributed by atoms with Gasteiger partial charge in [-0.05, 0) is 18.4 Å². The lowest BCUT2D eigenvalue weighted by atomic mass is 10.3. The molecule has 0 fully saturated rings. The molecule has 0 amide bonds. The molecule has 0 bridgehead atoms. The summed E-state index contributed by atoms with van der Waals surface area (Å²) in [6.45, 7) is 2.94. The first-order valence-corrected chi connectivity index (χ1v) is 5.32. The van der Waals surface area contributed by atoms with E-state index in [9.17, 15) is 0 Å². The van der Waals surface area contributed by atoms with E-state index in [1.165, 1.54) is 0 Å². The smallest absolute Gasteiger partial charge is 0.119 e. The van der Waals surface area contributed by atoms with Crippen molar-refractivity contribution in [1.29, 1.82) is 0 Å². The van der Waals surface area contributed by atoms with Gasteiger partial charge in [-0.15, -0.1) is 0 Å². The second-order valence-corrected chi connectivity index (χ2v) is 3.95. The molecular weight excluding hydrogens is 168 g/mol. The second-order valence-electron chi connectivity index (χ2n) is 2.67. The van der Waals surface area contributed by atoms with Crippen molar-refractivity contribution in [2.24, 2.45) is 0 Å². The molecule has 0 spiro atoms. The van der Waals surface area contributed by atoms with Crippen LogP contribution in [-0.2, 0) is 0 Å². The summed E-state index contributed by atoms with van der Waals surface area (Å²) >= 11 is 1.82. The third-order valence-corrected chi connectivity index (χ3v) is 2.57. The van der Waals surface area contributed by atoms with E-state index in [4.69, 9.17) is 4.74 Å². The van der Waals surface area contributed by atoms with Gasteiger partial charge in [0.1, 0.15) is 5.75 Å². The Morgan fingerprint density at radius 1 is 1.33 bits per heavy atom. The van der Waals surface area contributed by atoms with Crippen LogP contribution in [-0.4, -0.2) is 18.1 Å². The molecule has 1 aromatic rings. The zero-order chi connectivity index (χ0) is 8.81. The summed E-state index contributed by atoms with van der Waals surface area (Å²) in [5, 5.41) is 0.560. The molecule has 1 atom stereocenters. The Hall–Kier alpha value is -0.630. The summed E-state index contributed by atoms with van der Waals surface area (Å²) in [5.41, 5.74) is 0. The molecular formula is C10H14OS. The molecule has 12 heavy (non-hydrogen) atoms. The number of benzene rings is 1. The van der Waals surface area contributed by atoms with Gasteiger partial charge in [-0.25, -0.2) is 0 Å². The van der Waals surface area contributed by atoms with Gasteiger partial charge in [0.15, 0.2) is 0 Å². The van der Waals surface area contributed by atoms with Crippen molar-refractivity contribution in [3.63, 3.8) is 0 Å². The molecule has 2 heteroatoms. The molecule has 1 nitrogen and oxygen atoms in total. The van der Waals surface area contributed by atoms with E-state index in [0.717, 1.165) is 12.4 Å². The van der Waals surface area contributed by atoms with Crippen LogP contribution in [0.2, 0.25) is 0 Å². The maximum Gasteiger partial charge on any atom is 0.119 e. The number of ether oxygens (including phenoxy) is 1. The van der Waals surface area contributed by atoms with Crippen LogP contribution in [0, 0.1) is 0 Å². The van der Waals surface area contributed by atoms with Crippen LogP contribution in [0.15, 0.2) is 30.3 Å². The molecule has 0 aliphatic rings. The summed E-state index contributed by atoms with van der Waals surface area (Å²) in [5.74, 6) is 0.957. The highest BCUT2D eigenvalue weighted by Crippen LogP contribution is 2.11. The number of para-hydroxylation sites is 1. The molecule has 0 radical (unpaired) electrons. The molecule has 66 valence electrons. The Kier molecular flexibility index (Phi) is 4.01. The van der Waals surface area contributed by atoms with Gasteiger partial charge in [-0.2, -0.15) is 11.8 Å². The van der Waals surface area contributed by atoms with Gasteiger partial charge in [-0.3, -0.25) is 0 Å². The number of thioether (sulfide) groups is 1. The van der Waals surface area contributed by atoms with E-state index in [1.54, 1.807) is 0 Å². The van der Waals surface area contributed by atoms with Crippen molar-refractivity contribution in [2.75, 3.05) is 12.9 Å². The van der Waals surface area contributed by atoms with Crippen LogP contribution in [0.4, 0.5) is 0 Å². The first-order chi connectivity index (χ1) is 5.83. The van der Waals surface area contributed by atoms with Crippen LogP contribution >= 0.6 is 11.8 Å². The summed E-state index contributed by atoms with van der Waals surface area (Å²) in [6, 6.07) is 9.92. The first-order valence-electron chi connectivity index (χ1n) is 4.03. The van der Waals surface area contributed by atoms with Crippen molar-refractivity contribution in [1.82, 2.24) is 0 Å². The average molecular weight is 182 g/mol. The maximum absolute atomic E-state index is 5.54. The first kappa shape index (κ1) is 9.46. The normalized spacial score (nSPS) is 12.5. The molecule has 0 saturated heterocycles.